The van der Waals surface area contributed by atoms with E-state index in [1.807, 2.05) is 6.07 Å². The van der Waals surface area contributed by atoms with Crippen molar-refractivity contribution < 1.29 is 0 Å². The van der Waals surface area contributed by atoms with E-state index in [4.69, 9.17) is 5.73 Å². The van der Waals surface area contributed by atoms with Crippen molar-refractivity contribution >= 4 is 5.69 Å². The predicted octanol–water partition coefficient (Wildman–Crippen LogP) is 1.72. The lowest BCUT2D eigenvalue weighted by Crippen LogP contribution is -2.39. The second kappa shape index (κ2) is 4.01. The third-order valence-electron chi connectivity index (χ3n) is 2.82. The molecule has 1 aromatic carbocycles. The van der Waals surface area contributed by atoms with Crippen LogP contribution in [0.2, 0.25) is 0 Å². The summed E-state index contributed by atoms with van der Waals surface area (Å²) in [5.74, 6) is 0. The average molecular weight is 189 g/mol. The number of piperidine rings is 1. The van der Waals surface area contributed by atoms with Gasteiger partial charge in [-0.25, -0.2) is 0 Å². The molecule has 0 atom stereocenters. The summed E-state index contributed by atoms with van der Waals surface area (Å²) in [6.45, 7) is 4.26. The monoisotopic (exact) mass is 189 g/mol. The first-order valence-electron chi connectivity index (χ1n) is 5.24. The first-order valence-corrected chi connectivity index (χ1v) is 5.24. The Hall–Kier alpha value is -1.02. The van der Waals surface area contributed by atoms with E-state index in [9.17, 15) is 0 Å². The lowest BCUT2D eigenvalue weighted by atomic mass is 10.1. The molecule has 0 saturated carbocycles. The van der Waals surface area contributed by atoms with Gasteiger partial charge < -0.3 is 10.6 Å². The molecule has 1 saturated heterocycles. The van der Waals surface area contributed by atoms with Crippen molar-refractivity contribution in [2.45, 2.75) is 25.8 Å². The number of aryl methyl sites for hydroxylation is 1. The molecule has 0 amide bonds. The van der Waals surface area contributed by atoms with Gasteiger partial charge in [-0.1, -0.05) is 12.1 Å². The van der Waals surface area contributed by atoms with Gasteiger partial charge >= 0.3 is 0 Å². The molecule has 0 aliphatic carbocycles. The largest absolute Gasteiger partial charge is 0.371 e. The van der Waals surface area contributed by atoms with E-state index in [0.717, 1.165) is 25.9 Å². The predicted molar refractivity (Wildman–Crippen MR) is 59.4 cm³/mol. The van der Waals surface area contributed by atoms with Crippen molar-refractivity contribution in [2.75, 3.05) is 18.0 Å². The van der Waals surface area contributed by atoms with Gasteiger partial charge in [-0.2, -0.15) is 0 Å². The standard InChI is InChI=1S/C12H17N2/c1-10-3-2-4-12(9-10)14-7-5-11(13)6-8-14/h2-3,9,11H,5-8,13H2,1H3. The summed E-state index contributed by atoms with van der Waals surface area (Å²) in [5, 5.41) is 0. The summed E-state index contributed by atoms with van der Waals surface area (Å²) in [6, 6.07) is 9.95. The third kappa shape index (κ3) is 2.07. The Morgan fingerprint density at radius 3 is 2.79 bits per heavy atom. The van der Waals surface area contributed by atoms with Crippen LogP contribution < -0.4 is 10.6 Å². The molecular formula is C12H17N2. The molecule has 0 spiro atoms. The van der Waals surface area contributed by atoms with Crippen LogP contribution in [0.25, 0.3) is 0 Å². The van der Waals surface area contributed by atoms with Gasteiger partial charge in [0.25, 0.3) is 0 Å². The van der Waals surface area contributed by atoms with Crippen LogP contribution in [0.3, 0.4) is 0 Å². The molecule has 2 rings (SSSR count). The van der Waals surface area contributed by atoms with Crippen LogP contribution in [0.1, 0.15) is 18.4 Å². The molecule has 1 aromatic rings. The molecule has 1 aliphatic rings. The van der Waals surface area contributed by atoms with Crippen LogP contribution in [0.15, 0.2) is 18.2 Å². The molecule has 1 heterocycles. The lowest BCUT2D eigenvalue weighted by Gasteiger charge is -2.31. The van der Waals surface area contributed by atoms with E-state index in [-0.39, 0.29) is 0 Å². The number of nitrogens with two attached hydrogens (primary N) is 1. The third-order valence-corrected chi connectivity index (χ3v) is 2.82. The Morgan fingerprint density at radius 1 is 1.43 bits per heavy atom. The summed E-state index contributed by atoms with van der Waals surface area (Å²) in [7, 11) is 0. The molecule has 0 unspecified atom stereocenters. The molecule has 1 aliphatic heterocycles. The Morgan fingerprint density at radius 2 is 2.14 bits per heavy atom. The maximum Gasteiger partial charge on any atom is 0.0449 e. The minimum atomic E-state index is 0.399. The average Bonchev–Trinajstić information content (AvgIpc) is 2.19. The van der Waals surface area contributed by atoms with Crippen LogP contribution in [0, 0.1) is 13.0 Å². The van der Waals surface area contributed by atoms with E-state index in [0.29, 0.717) is 6.04 Å². The Bertz CT molecular complexity index is 301. The first kappa shape index (κ1) is 9.53. The second-order valence-corrected chi connectivity index (χ2v) is 4.08. The van der Waals surface area contributed by atoms with Gasteiger partial charge in [-0.3, -0.25) is 0 Å². The molecule has 1 radical (unpaired) electrons. The van der Waals surface area contributed by atoms with Crippen molar-refractivity contribution in [3.05, 3.63) is 29.8 Å². The topological polar surface area (TPSA) is 29.3 Å². The zero-order chi connectivity index (χ0) is 9.97. The van der Waals surface area contributed by atoms with Crippen LogP contribution in [0.4, 0.5) is 5.69 Å². The van der Waals surface area contributed by atoms with Crippen molar-refractivity contribution in [3.63, 3.8) is 0 Å². The Balaban J connectivity index is 2.08. The molecule has 2 heteroatoms. The lowest BCUT2D eigenvalue weighted by molar-refractivity contribution is 0.501. The van der Waals surface area contributed by atoms with E-state index in [1.165, 1.54) is 11.3 Å². The number of hydrogen-bond donors (Lipinski definition) is 1. The first-order chi connectivity index (χ1) is 6.75. The minimum Gasteiger partial charge on any atom is -0.371 e. The molecule has 2 nitrogen and oxygen atoms in total. The van der Waals surface area contributed by atoms with Crippen LogP contribution in [-0.4, -0.2) is 19.1 Å². The van der Waals surface area contributed by atoms with Gasteiger partial charge in [0.05, 0.1) is 0 Å². The van der Waals surface area contributed by atoms with Gasteiger partial charge in [0.1, 0.15) is 0 Å². The number of rotatable bonds is 1. The summed E-state index contributed by atoms with van der Waals surface area (Å²) >= 11 is 0. The van der Waals surface area contributed by atoms with Crippen molar-refractivity contribution in [2.24, 2.45) is 5.73 Å². The number of anilines is 1. The van der Waals surface area contributed by atoms with Gasteiger partial charge in [-0.15, -0.1) is 0 Å². The second-order valence-electron chi connectivity index (χ2n) is 4.08. The fraction of sp³-hybridized carbons (Fsp3) is 0.500. The fourth-order valence-corrected chi connectivity index (χ4v) is 1.89. The molecule has 1 fully saturated rings. The molecular weight excluding hydrogens is 172 g/mol. The van der Waals surface area contributed by atoms with Crippen LogP contribution >= 0.6 is 0 Å². The highest BCUT2D eigenvalue weighted by atomic mass is 15.1. The SMILES string of the molecule is Cc1cc[c]c(N2CCC(N)CC2)c1. The zero-order valence-corrected chi connectivity index (χ0v) is 8.66. The quantitative estimate of drug-likeness (QED) is 0.729. The maximum atomic E-state index is 5.87. The van der Waals surface area contributed by atoms with E-state index < -0.39 is 0 Å². The number of nitrogens with zero attached hydrogens (tertiary/aromatic N) is 1. The molecule has 0 bridgehead atoms. The van der Waals surface area contributed by atoms with Crippen LogP contribution in [0.5, 0.6) is 0 Å². The summed E-state index contributed by atoms with van der Waals surface area (Å²) in [6.07, 6.45) is 2.20. The summed E-state index contributed by atoms with van der Waals surface area (Å²) < 4.78 is 0. The van der Waals surface area contributed by atoms with Crippen LogP contribution in [-0.2, 0) is 0 Å². The number of benzene rings is 1. The molecule has 75 valence electrons. The summed E-state index contributed by atoms with van der Waals surface area (Å²) in [5.41, 5.74) is 8.39. The van der Waals surface area contributed by atoms with Crippen molar-refractivity contribution in [3.8, 4) is 0 Å². The van der Waals surface area contributed by atoms with Gasteiger partial charge in [0, 0.05) is 30.9 Å². The normalized spacial score (nSPS) is 18.6. The van der Waals surface area contributed by atoms with Crippen molar-refractivity contribution in [1.82, 2.24) is 0 Å². The van der Waals surface area contributed by atoms with E-state index >= 15 is 0 Å². The van der Waals surface area contributed by atoms with E-state index in [2.05, 4.69) is 30.0 Å². The molecule has 2 N–H and O–H groups in total. The maximum absolute atomic E-state index is 5.87. The Labute approximate surface area is 85.7 Å². The van der Waals surface area contributed by atoms with Gasteiger partial charge in [0.15, 0.2) is 0 Å². The number of hydrogen-bond acceptors (Lipinski definition) is 2. The smallest absolute Gasteiger partial charge is 0.0449 e. The highest BCUT2D eigenvalue weighted by Gasteiger charge is 2.15. The van der Waals surface area contributed by atoms with Gasteiger partial charge in [0.2, 0.25) is 0 Å². The zero-order valence-electron chi connectivity index (χ0n) is 8.66. The van der Waals surface area contributed by atoms with E-state index in [1.54, 1.807) is 0 Å². The summed E-state index contributed by atoms with van der Waals surface area (Å²) in [4.78, 5) is 2.37. The van der Waals surface area contributed by atoms with Crippen molar-refractivity contribution in [1.29, 1.82) is 0 Å². The highest BCUT2D eigenvalue weighted by molar-refractivity contribution is 5.47. The molecule has 0 aromatic heterocycles. The van der Waals surface area contributed by atoms with Gasteiger partial charge in [-0.05, 0) is 31.4 Å². The molecule has 14 heavy (non-hydrogen) atoms. The fourth-order valence-electron chi connectivity index (χ4n) is 1.89. The Kier molecular flexibility index (Phi) is 2.73. The minimum absolute atomic E-state index is 0.399. The highest BCUT2D eigenvalue weighted by Crippen LogP contribution is 2.19.